The lowest BCUT2D eigenvalue weighted by atomic mass is 10.1. The summed E-state index contributed by atoms with van der Waals surface area (Å²) in [4.78, 5) is 4.28. The van der Waals surface area contributed by atoms with E-state index >= 15 is 0 Å². The first-order valence-corrected chi connectivity index (χ1v) is 4.51. The maximum atomic E-state index is 5.52. The molecule has 64 valence electrons. The fourth-order valence-corrected chi connectivity index (χ4v) is 1.61. The molecule has 0 fully saturated rings. The zero-order valence-corrected chi connectivity index (χ0v) is 7.34. The fraction of sp³-hybridized carbons (Fsp3) is 0.500. The number of aryl methyl sites for hydroxylation is 1. The maximum Gasteiger partial charge on any atom is 0.144 e. The van der Waals surface area contributed by atoms with Gasteiger partial charge in [0.2, 0.25) is 0 Å². The molecule has 0 saturated heterocycles. The van der Waals surface area contributed by atoms with Gasteiger partial charge in [-0.25, -0.2) is 0 Å². The Hall–Kier alpha value is -1.05. The molecule has 2 rings (SSSR count). The van der Waals surface area contributed by atoms with Crippen LogP contribution in [0.2, 0.25) is 0 Å². The van der Waals surface area contributed by atoms with Gasteiger partial charge in [0.15, 0.2) is 0 Å². The van der Waals surface area contributed by atoms with Gasteiger partial charge in [-0.3, -0.25) is 4.98 Å². The van der Waals surface area contributed by atoms with Crippen LogP contribution in [-0.2, 0) is 12.8 Å². The quantitative estimate of drug-likeness (QED) is 0.665. The predicted octanol–water partition coefficient (Wildman–Crippen LogP) is 1.97. The van der Waals surface area contributed by atoms with Crippen molar-refractivity contribution in [2.24, 2.45) is 0 Å². The fourth-order valence-electron chi connectivity index (χ4n) is 1.61. The predicted molar refractivity (Wildman–Crippen MR) is 47.4 cm³/mol. The lowest BCUT2D eigenvalue weighted by Crippen LogP contribution is -1.91. The molecule has 0 N–H and O–H groups in total. The van der Waals surface area contributed by atoms with Gasteiger partial charge in [-0.15, -0.1) is 0 Å². The lowest BCUT2D eigenvalue weighted by Gasteiger charge is -2.04. The van der Waals surface area contributed by atoms with Crippen LogP contribution in [0.25, 0.3) is 0 Å². The Bertz CT molecular complexity index is 283. The van der Waals surface area contributed by atoms with Gasteiger partial charge in [0, 0.05) is 12.6 Å². The van der Waals surface area contributed by atoms with Crippen LogP contribution in [-0.4, -0.2) is 11.6 Å². The van der Waals surface area contributed by atoms with Gasteiger partial charge in [-0.1, -0.05) is 13.3 Å². The van der Waals surface area contributed by atoms with E-state index in [1.165, 1.54) is 12.0 Å². The molecule has 1 aromatic rings. The summed E-state index contributed by atoms with van der Waals surface area (Å²) in [6.45, 7) is 2.99. The first-order chi connectivity index (χ1) is 5.92. The number of ether oxygens (including phenoxy) is 1. The van der Waals surface area contributed by atoms with Crippen molar-refractivity contribution in [1.82, 2.24) is 4.98 Å². The van der Waals surface area contributed by atoms with E-state index in [0.29, 0.717) is 0 Å². The van der Waals surface area contributed by atoms with Gasteiger partial charge in [-0.2, -0.15) is 0 Å². The van der Waals surface area contributed by atoms with E-state index in [-0.39, 0.29) is 0 Å². The van der Waals surface area contributed by atoms with Gasteiger partial charge in [0.25, 0.3) is 0 Å². The first kappa shape index (κ1) is 7.59. The van der Waals surface area contributed by atoms with E-state index in [4.69, 9.17) is 4.74 Å². The third-order valence-corrected chi connectivity index (χ3v) is 2.16. The number of rotatable bonds is 2. The highest BCUT2D eigenvalue weighted by molar-refractivity contribution is 5.39. The molecule has 0 saturated carbocycles. The van der Waals surface area contributed by atoms with E-state index in [2.05, 4.69) is 18.0 Å². The van der Waals surface area contributed by atoms with Crippen molar-refractivity contribution in [2.45, 2.75) is 26.2 Å². The van der Waals surface area contributed by atoms with Crippen LogP contribution in [0.15, 0.2) is 12.3 Å². The summed E-state index contributed by atoms with van der Waals surface area (Å²) in [7, 11) is 0. The van der Waals surface area contributed by atoms with Crippen molar-refractivity contribution in [3.63, 3.8) is 0 Å². The molecule has 0 unspecified atom stereocenters. The van der Waals surface area contributed by atoms with Crippen LogP contribution < -0.4 is 4.74 Å². The second kappa shape index (κ2) is 3.13. The molecule has 0 bridgehead atoms. The van der Waals surface area contributed by atoms with Crippen molar-refractivity contribution in [1.29, 1.82) is 0 Å². The minimum atomic E-state index is 0.809. The average Bonchev–Trinajstić information content (AvgIpc) is 2.53. The third kappa shape index (κ3) is 1.17. The molecule has 2 nitrogen and oxygen atoms in total. The lowest BCUT2D eigenvalue weighted by molar-refractivity contribution is 0.353. The standard InChI is InChI=1S/C10H13NO/c1-2-3-8-4-6-11-9-5-7-12-10(8)9/h4,6H,2-3,5,7H2,1H3. The molecule has 12 heavy (non-hydrogen) atoms. The number of hydrogen-bond acceptors (Lipinski definition) is 2. The van der Waals surface area contributed by atoms with E-state index in [1.54, 1.807) is 0 Å². The highest BCUT2D eigenvalue weighted by atomic mass is 16.5. The number of pyridine rings is 1. The Kier molecular flexibility index (Phi) is 1.98. The summed E-state index contributed by atoms with van der Waals surface area (Å²) in [6, 6.07) is 2.06. The molecule has 0 aromatic carbocycles. The van der Waals surface area contributed by atoms with Gasteiger partial charge in [-0.05, 0) is 18.1 Å². The Morgan fingerprint density at radius 2 is 2.50 bits per heavy atom. The van der Waals surface area contributed by atoms with Crippen molar-refractivity contribution in [2.75, 3.05) is 6.61 Å². The summed E-state index contributed by atoms with van der Waals surface area (Å²) >= 11 is 0. The molecule has 2 heterocycles. The van der Waals surface area contributed by atoms with Crippen LogP contribution >= 0.6 is 0 Å². The summed E-state index contributed by atoms with van der Waals surface area (Å²) < 4.78 is 5.52. The van der Waals surface area contributed by atoms with Crippen LogP contribution in [0.3, 0.4) is 0 Å². The van der Waals surface area contributed by atoms with E-state index < -0.39 is 0 Å². The second-order valence-electron chi connectivity index (χ2n) is 3.09. The van der Waals surface area contributed by atoms with Crippen molar-refractivity contribution in [3.8, 4) is 5.75 Å². The van der Waals surface area contributed by atoms with Crippen LogP contribution in [0.5, 0.6) is 5.75 Å². The molecule has 1 aliphatic rings. The van der Waals surface area contributed by atoms with Gasteiger partial charge < -0.3 is 4.74 Å². The van der Waals surface area contributed by atoms with Crippen LogP contribution in [0.4, 0.5) is 0 Å². The van der Waals surface area contributed by atoms with Gasteiger partial charge in [0.05, 0.1) is 12.3 Å². The van der Waals surface area contributed by atoms with Gasteiger partial charge in [0.1, 0.15) is 5.75 Å². The topological polar surface area (TPSA) is 22.1 Å². The normalized spacial score (nSPS) is 14.1. The Morgan fingerprint density at radius 3 is 3.33 bits per heavy atom. The number of hydrogen-bond donors (Lipinski definition) is 0. The minimum Gasteiger partial charge on any atom is -0.491 e. The largest absolute Gasteiger partial charge is 0.491 e. The van der Waals surface area contributed by atoms with E-state index in [9.17, 15) is 0 Å². The highest BCUT2D eigenvalue weighted by Crippen LogP contribution is 2.28. The molecular formula is C10H13NO. The number of fused-ring (bicyclic) bond motifs is 1. The summed E-state index contributed by atoms with van der Waals surface area (Å²) in [5.41, 5.74) is 2.46. The SMILES string of the molecule is CCCc1ccnc2c1OCC2. The molecule has 1 aromatic heterocycles. The summed E-state index contributed by atoms with van der Waals surface area (Å²) in [5, 5.41) is 0. The second-order valence-corrected chi connectivity index (χ2v) is 3.09. The summed E-state index contributed by atoms with van der Waals surface area (Å²) in [6.07, 6.45) is 5.13. The van der Waals surface area contributed by atoms with E-state index in [1.807, 2.05) is 6.20 Å². The van der Waals surface area contributed by atoms with E-state index in [0.717, 1.165) is 30.9 Å². The smallest absolute Gasteiger partial charge is 0.144 e. The van der Waals surface area contributed by atoms with Crippen molar-refractivity contribution >= 4 is 0 Å². The zero-order valence-electron chi connectivity index (χ0n) is 7.34. The Morgan fingerprint density at radius 1 is 1.58 bits per heavy atom. The molecular weight excluding hydrogens is 150 g/mol. The summed E-state index contributed by atoms with van der Waals surface area (Å²) in [5.74, 6) is 1.05. The molecule has 0 radical (unpaired) electrons. The molecule has 0 aliphatic carbocycles. The average molecular weight is 163 g/mol. The Balaban J connectivity index is 2.36. The maximum absolute atomic E-state index is 5.52. The first-order valence-electron chi connectivity index (χ1n) is 4.51. The van der Waals surface area contributed by atoms with Crippen LogP contribution in [0.1, 0.15) is 24.6 Å². The molecule has 0 amide bonds. The zero-order chi connectivity index (χ0) is 8.39. The molecule has 1 aliphatic heterocycles. The minimum absolute atomic E-state index is 0.809. The van der Waals surface area contributed by atoms with Crippen LogP contribution in [0, 0.1) is 0 Å². The molecule has 0 atom stereocenters. The third-order valence-electron chi connectivity index (χ3n) is 2.16. The van der Waals surface area contributed by atoms with Gasteiger partial charge >= 0.3 is 0 Å². The van der Waals surface area contributed by atoms with Crippen molar-refractivity contribution < 1.29 is 4.74 Å². The number of nitrogens with zero attached hydrogens (tertiary/aromatic N) is 1. The Labute approximate surface area is 72.6 Å². The highest BCUT2D eigenvalue weighted by Gasteiger charge is 2.16. The molecule has 2 heteroatoms. The monoisotopic (exact) mass is 163 g/mol. The van der Waals surface area contributed by atoms with Crippen molar-refractivity contribution in [3.05, 3.63) is 23.5 Å². The number of aromatic nitrogens is 1. The molecule has 0 spiro atoms.